The molecule has 0 unspecified atom stereocenters. The maximum Gasteiger partial charge on any atom is 0.322 e. The molecule has 10 heteroatoms. The zero-order valence-corrected chi connectivity index (χ0v) is 21.0. The third-order valence-electron chi connectivity index (χ3n) is 5.57. The van der Waals surface area contributed by atoms with E-state index in [0.29, 0.717) is 35.8 Å². The summed E-state index contributed by atoms with van der Waals surface area (Å²) in [7, 11) is -3.66. The summed E-state index contributed by atoms with van der Waals surface area (Å²) in [6.45, 7) is 4.72. The quantitative estimate of drug-likeness (QED) is 0.326. The normalized spacial score (nSPS) is 15.7. The average molecular weight is 512 g/mol. The molecule has 1 fully saturated rings. The van der Waals surface area contributed by atoms with E-state index in [4.69, 9.17) is 16.3 Å². The second-order valence-corrected chi connectivity index (χ2v) is 10.5. The Balaban J connectivity index is 0.00000512. The van der Waals surface area contributed by atoms with Crippen LogP contribution in [-0.2, 0) is 21.2 Å². The molecule has 1 atom stereocenters. The monoisotopic (exact) mass is 510 g/mol. The maximum absolute atomic E-state index is 12.1. The molecule has 184 valence electrons. The Labute approximate surface area is 203 Å². The Bertz CT molecular complexity index is 802. The van der Waals surface area contributed by atoms with Gasteiger partial charge in [0, 0.05) is 11.4 Å². The van der Waals surface area contributed by atoms with Crippen molar-refractivity contribution in [1.82, 2.24) is 10.0 Å². The first-order valence-electron chi connectivity index (χ1n) is 11.2. The van der Waals surface area contributed by atoms with E-state index in [1.807, 2.05) is 6.92 Å². The first kappa shape index (κ1) is 29.0. The molecule has 1 aromatic carbocycles. The third kappa shape index (κ3) is 10.7. The van der Waals surface area contributed by atoms with Crippen molar-refractivity contribution < 1.29 is 23.1 Å². The van der Waals surface area contributed by atoms with E-state index in [1.165, 1.54) is 19.3 Å². The third-order valence-corrected chi connectivity index (χ3v) is 7.39. The molecule has 1 heterocycles. The van der Waals surface area contributed by atoms with Gasteiger partial charge in [-0.3, -0.25) is 4.79 Å². The molecule has 0 aliphatic carbocycles. The standard InChI is InChI=1S/C22H35ClN2O5S.ClH/c1-2-3-14-31(28,29)25-21(22(26)27)15-18-7-8-19(16-20(18)23)30-13-5-4-6-17-9-11-24-12-10-17;/h7-8,16-17,21,24-25H,2-6,9-15H2,1H3,(H,26,27);1H/t21-;/m0./s1. The van der Waals surface area contributed by atoms with Gasteiger partial charge in [0.05, 0.1) is 12.4 Å². The fourth-order valence-corrected chi connectivity index (χ4v) is 5.34. The Morgan fingerprint density at radius 3 is 2.62 bits per heavy atom. The number of nitrogens with one attached hydrogen (secondary N) is 2. The van der Waals surface area contributed by atoms with Crippen molar-refractivity contribution in [3.8, 4) is 5.75 Å². The van der Waals surface area contributed by atoms with Crippen LogP contribution in [0.2, 0.25) is 5.02 Å². The molecule has 32 heavy (non-hydrogen) atoms. The highest BCUT2D eigenvalue weighted by molar-refractivity contribution is 7.89. The van der Waals surface area contributed by atoms with Crippen molar-refractivity contribution in [2.24, 2.45) is 5.92 Å². The van der Waals surface area contributed by atoms with Crippen LogP contribution in [0, 0.1) is 5.92 Å². The van der Waals surface area contributed by atoms with Crippen LogP contribution < -0.4 is 14.8 Å². The average Bonchev–Trinajstić information content (AvgIpc) is 2.74. The zero-order chi connectivity index (χ0) is 22.7. The highest BCUT2D eigenvalue weighted by atomic mass is 35.5. The summed E-state index contributed by atoms with van der Waals surface area (Å²) in [6.07, 6.45) is 7.01. The van der Waals surface area contributed by atoms with Crippen molar-refractivity contribution in [3.63, 3.8) is 0 Å². The van der Waals surface area contributed by atoms with Gasteiger partial charge in [-0.05, 0) is 68.8 Å². The molecule has 0 bridgehead atoms. The summed E-state index contributed by atoms with van der Waals surface area (Å²) in [6, 6.07) is 3.84. The van der Waals surface area contributed by atoms with Gasteiger partial charge in [0.25, 0.3) is 0 Å². The molecule has 1 aliphatic heterocycles. The van der Waals surface area contributed by atoms with Gasteiger partial charge in [0.2, 0.25) is 10.0 Å². The van der Waals surface area contributed by atoms with Crippen molar-refractivity contribution in [2.75, 3.05) is 25.4 Å². The lowest BCUT2D eigenvalue weighted by atomic mass is 9.93. The summed E-state index contributed by atoms with van der Waals surface area (Å²) in [5.41, 5.74) is 0.561. The number of sulfonamides is 1. The fourth-order valence-electron chi connectivity index (χ4n) is 3.69. The molecule has 1 aromatic rings. The minimum absolute atomic E-state index is 0. The van der Waals surface area contributed by atoms with Crippen molar-refractivity contribution in [3.05, 3.63) is 28.8 Å². The topological polar surface area (TPSA) is 105 Å². The number of ether oxygens (including phenoxy) is 1. The fraction of sp³-hybridized carbons (Fsp3) is 0.682. The first-order valence-corrected chi connectivity index (χ1v) is 13.2. The number of carboxylic acid groups (broad SMARTS) is 1. The number of halogens is 2. The molecule has 7 nitrogen and oxygen atoms in total. The minimum atomic E-state index is -3.66. The Kier molecular flexibility index (Phi) is 13.5. The first-order chi connectivity index (χ1) is 14.8. The van der Waals surface area contributed by atoms with Gasteiger partial charge in [-0.2, -0.15) is 0 Å². The molecule has 0 amide bonds. The maximum atomic E-state index is 12.1. The molecule has 1 saturated heterocycles. The van der Waals surface area contributed by atoms with E-state index >= 15 is 0 Å². The van der Waals surface area contributed by atoms with Gasteiger partial charge in [-0.25, -0.2) is 13.1 Å². The van der Waals surface area contributed by atoms with Crippen molar-refractivity contribution in [1.29, 1.82) is 0 Å². The lowest BCUT2D eigenvalue weighted by molar-refractivity contribution is -0.138. The van der Waals surface area contributed by atoms with E-state index in [2.05, 4.69) is 10.0 Å². The summed E-state index contributed by atoms with van der Waals surface area (Å²) in [5.74, 6) is 0.124. The molecule has 0 spiro atoms. The molecule has 3 N–H and O–H groups in total. The zero-order valence-electron chi connectivity index (χ0n) is 18.6. The molecule has 0 saturated carbocycles. The molecule has 0 aromatic heterocycles. The number of hydrogen-bond donors (Lipinski definition) is 3. The SMILES string of the molecule is CCCCS(=O)(=O)N[C@@H](Cc1ccc(OCCCCC2CCNCC2)cc1Cl)C(=O)O.Cl. The number of carbonyl (C=O) groups is 1. The van der Waals surface area contributed by atoms with Crippen LogP contribution in [0.15, 0.2) is 18.2 Å². The number of aliphatic carboxylic acids is 1. The second kappa shape index (κ2) is 15.0. The highest BCUT2D eigenvalue weighted by Gasteiger charge is 2.25. The number of rotatable bonds is 14. The summed E-state index contributed by atoms with van der Waals surface area (Å²) in [4.78, 5) is 11.6. The van der Waals surface area contributed by atoms with Crippen LogP contribution >= 0.6 is 24.0 Å². The van der Waals surface area contributed by atoms with Crippen LogP contribution in [-0.4, -0.2) is 51.0 Å². The molecule has 2 rings (SSSR count). The predicted molar refractivity (Wildman–Crippen MR) is 131 cm³/mol. The molecular weight excluding hydrogens is 475 g/mol. The second-order valence-electron chi connectivity index (χ2n) is 8.18. The van der Waals surface area contributed by atoms with E-state index in [1.54, 1.807) is 18.2 Å². The van der Waals surface area contributed by atoms with Crippen LogP contribution in [0.4, 0.5) is 0 Å². The van der Waals surface area contributed by atoms with Gasteiger partial charge in [0.15, 0.2) is 0 Å². The lowest BCUT2D eigenvalue weighted by Gasteiger charge is -2.22. The number of carboxylic acids is 1. The van der Waals surface area contributed by atoms with Gasteiger partial charge < -0.3 is 15.2 Å². The van der Waals surface area contributed by atoms with Crippen LogP contribution in [0.25, 0.3) is 0 Å². The molecule has 1 aliphatic rings. The highest BCUT2D eigenvalue weighted by Crippen LogP contribution is 2.25. The van der Waals surface area contributed by atoms with Crippen LogP contribution in [0.5, 0.6) is 5.75 Å². The van der Waals surface area contributed by atoms with Crippen molar-refractivity contribution >= 4 is 40.0 Å². The Morgan fingerprint density at radius 2 is 2.00 bits per heavy atom. The number of hydrogen-bond acceptors (Lipinski definition) is 5. The van der Waals surface area contributed by atoms with Gasteiger partial charge in [-0.15, -0.1) is 12.4 Å². The largest absolute Gasteiger partial charge is 0.494 e. The minimum Gasteiger partial charge on any atom is -0.494 e. The van der Waals surface area contributed by atoms with E-state index < -0.39 is 22.0 Å². The van der Waals surface area contributed by atoms with Crippen LogP contribution in [0.1, 0.15) is 57.4 Å². The van der Waals surface area contributed by atoms with E-state index in [-0.39, 0.29) is 24.6 Å². The Morgan fingerprint density at radius 1 is 1.28 bits per heavy atom. The smallest absolute Gasteiger partial charge is 0.322 e. The van der Waals surface area contributed by atoms with E-state index in [9.17, 15) is 18.3 Å². The van der Waals surface area contributed by atoms with E-state index in [0.717, 1.165) is 31.8 Å². The van der Waals surface area contributed by atoms with Gasteiger partial charge >= 0.3 is 5.97 Å². The van der Waals surface area contributed by atoms with Gasteiger partial charge in [-0.1, -0.05) is 37.4 Å². The summed E-state index contributed by atoms with van der Waals surface area (Å²) < 4.78 is 32.2. The number of unbranched alkanes of at least 4 members (excludes halogenated alkanes) is 2. The molecular formula is C22H36Cl2N2O5S. The number of benzene rings is 1. The van der Waals surface area contributed by atoms with Crippen molar-refractivity contribution in [2.45, 2.75) is 64.3 Å². The summed E-state index contributed by atoms with van der Waals surface area (Å²) >= 11 is 6.32. The number of piperidine rings is 1. The molecule has 0 radical (unpaired) electrons. The van der Waals surface area contributed by atoms with Gasteiger partial charge in [0.1, 0.15) is 11.8 Å². The summed E-state index contributed by atoms with van der Waals surface area (Å²) in [5, 5.41) is 13.2. The van der Waals surface area contributed by atoms with Crippen LogP contribution in [0.3, 0.4) is 0 Å². The lowest BCUT2D eigenvalue weighted by Crippen LogP contribution is -2.43. The predicted octanol–water partition coefficient (Wildman–Crippen LogP) is 4.03. The Hall–Kier alpha value is -1.06.